The van der Waals surface area contributed by atoms with Crippen LogP contribution in [0.4, 0.5) is 10.2 Å². The van der Waals surface area contributed by atoms with Crippen molar-refractivity contribution in [2.24, 2.45) is 0 Å². The molecule has 7 heteroatoms. The van der Waals surface area contributed by atoms with Crippen molar-refractivity contribution in [2.75, 3.05) is 5.73 Å². The summed E-state index contributed by atoms with van der Waals surface area (Å²) in [6, 6.07) is 16.0. The van der Waals surface area contributed by atoms with Crippen molar-refractivity contribution in [1.82, 2.24) is 19.7 Å². The topological polar surface area (TPSA) is 82.8 Å². The molecule has 150 valence electrons. The van der Waals surface area contributed by atoms with E-state index in [-0.39, 0.29) is 5.82 Å². The summed E-state index contributed by atoms with van der Waals surface area (Å²) < 4.78 is 21.0. The number of benzene rings is 2. The molecular weight excluding hydrogens is 381 g/mol. The number of nitrogens with two attached hydrogens (primary N) is 1. The average molecular weight is 401 g/mol. The first-order chi connectivity index (χ1) is 14.6. The smallest absolute Gasteiger partial charge is 0.157 e. The lowest BCUT2D eigenvalue weighted by atomic mass is 10.1. The van der Waals surface area contributed by atoms with Crippen LogP contribution < -0.4 is 5.73 Å². The van der Waals surface area contributed by atoms with E-state index < -0.39 is 0 Å². The minimum atomic E-state index is -0.283. The fourth-order valence-corrected chi connectivity index (χ4v) is 3.79. The highest BCUT2D eigenvalue weighted by Crippen LogP contribution is 2.30. The number of hydrogen-bond donors (Lipinski definition) is 1. The monoisotopic (exact) mass is 401 g/mol. The maximum absolute atomic E-state index is 13.2. The Morgan fingerprint density at radius 2 is 1.87 bits per heavy atom. The molecule has 0 bridgehead atoms. The van der Waals surface area contributed by atoms with E-state index in [1.807, 2.05) is 30.3 Å². The number of imidazole rings is 1. The lowest BCUT2D eigenvalue weighted by molar-refractivity contribution is 0.378. The molecule has 6 nitrogen and oxygen atoms in total. The second kappa shape index (κ2) is 7.26. The second-order valence-corrected chi connectivity index (χ2v) is 7.26. The van der Waals surface area contributed by atoms with Crippen molar-refractivity contribution < 1.29 is 8.91 Å². The number of para-hydroxylation sites is 1. The Labute approximate surface area is 172 Å². The molecule has 0 saturated heterocycles. The molecule has 2 aromatic carbocycles. The molecule has 0 amide bonds. The number of nitrogens with zero attached hydrogens (tertiary/aromatic N) is 4. The van der Waals surface area contributed by atoms with Crippen LogP contribution in [0.2, 0.25) is 0 Å². The molecule has 0 saturated carbocycles. The largest absolute Gasteiger partial charge is 0.382 e. The van der Waals surface area contributed by atoms with Crippen LogP contribution in [0.1, 0.15) is 24.9 Å². The molecule has 0 fully saturated rings. The summed E-state index contributed by atoms with van der Waals surface area (Å²) in [5, 5.41) is 5.16. The van der Waals surface area contributed by atoms with Crippen LogP contribution >= 0.6 is 0 Å². The zero-order valence-electron chi connectivity index (χ0n) is 16.5. The lowest BCUT2D eigenvalue weighted by Gasteiger charge is -2.08. The van der Waals surface area contributed by atoms with E-state index in [4.69, 9.17) is 15.2 Å². The van der Waals surface area contributed by atoms with E-state index in [2.05, 4.69) is 21.6 Å². The molecule has 0 spiro atoms. The van der Waals surface area contributed by atoms with Crippen molar-refractivity contribution in [2.45, 2.75) is 26.3 Å². The average Bonchev–Trinajstić information content (AvgIpc) is 3.35. The first-order valence-electron chi connectivity index (χ1n) is 9.89. The molecule has 5 rings (SSSR count). The Balaban J connectivity index is 1.63. The molecule has 0 aliphatic carbocycles. The van der Waals surface area contributed by atoms with E-state index in [0.717, 1.165) is 40.6 Å². The molecule has 30 heavy (non-hydrogen) atoms. The number of anilines is 1. The van der Waals surface area contributed by atoms with Gasteiger partial charge in [0.1, 0.15) is 22.9 Å². The summed E-state index contributed by atoms with van der Waals surface area (Å²) >= 11 is 0. The lowest BCUT2D eigenvalue weighted by Crippen LogP contribution is -2.05. The van der Waals surface area contributed by atoms with Gasteiger partial charge in [0.05, 0.1) is 17.6 Å². The van der Waals surface area contributed by atoms with E-state index in [9.17, 15) is 4.39 Å². The third-order valence-electron chi connectivity index (χ3n) is 5.18. The minimum absolute atomic E-state index is 0.283. The van der Waals surface area contributed by atoms with Crippen molar-refractivity contribution in [1.29, 1.82) is 0 Å². The molecule has 3 aromatic heterocycles. The van der Waals surface area contributed by atoms with Crippen LogP contribution in [0, 0.1) is 5.82 Å². The maximum atomic E-state index is 13.2. The second-order valence-electron chi connectivity index (χ2n) is 7.26. The number of halogens is 1. The third-order valence-corrected chi connectivity index (χ3v) is 5.18. The van der Waals surface area contributed by atoms with E-state index in [0.29, 0.717) is 29.3 Å². The Morgan fingerprint density at radius 3 is 2.67 bits per heavy atom. The molecule has 3 heterocycles. The van der Waals surface area contributed by atoms with Crippen LogP contribution in [0.5, 0.6) is 0 Å². The summed E-state index contributed by atoms with van der Waals surface area (Å²) in [6.45, 7) is 2.58. The highest BCUT2D eigenvalue weighted by molar-refractivity contribution is 6.06. The Morgan fingerprint density at radius 1 is 1.07 bits per heavy atom. The Bertz CT molecular complexity index is 1350. The van der Waals surface area contributed by atoms with Gasteiger partial charge in [0.25, 0.3) is 0 Å². The number of aryl methyl sites for hydroxylation is 1. The van der Waals surface area contributed by atoms with E-state index >= 15 is 0 Å². The van der Waals surface area contributed by atoms with Crippen LogP contribution in [-0.4, -0.2) is 19.7 Å². The summed E-state index contributed by atoms with van der Waals surface area (Å²) in [6.07, 6.45) is 1.76. The molecule has 0 radical (unpaired) electrons. The Hall–Kier alpha value is -3.74. The zero-order valence-corrected chi connectivity index (χ0v) is 16.5. The molecular formula is C23H20FN5O. The summed E-state index contributed by atoms with van der Waals surface area (Å²) in [5.74, 6) is 1.75. The number of hydrogen-bond acceptors (Lipinski definition) is 5. The molecule has 0 unspecified atom stereocenters. The predicted molar refractivity (Wildman–Crippen MR) is 114 cm³/mol. The summed E-state index contributed by atoms with van der Waals surface area (Å²) in [5.41, 5.74) is 10.2. The quantitative estimate of drug-likeness (QED) is 0.450. The SMILES string of the molecule is CCCc1nc2c(N)nc3ccccc3c2n1Cc1cc(-c2ccc(F)cc2)no1. The van der Waals surface area contributed by atoms with Crippen LogP contribution in [-0.2, 0) is 13.0 Å². The first kappa shape index (κ1) is 18.3. The van der Waals surface area contributed by atoms with Crippen molar-refractivity contribution >= 4 is 27.8 Å². The highest BCUT2D eigenvalue weighted by Gasteiger charge is 2.18. The first-order valence-corrected chi connectivity index (χ1v) is 9.89. The number of rotatable bonds is 5. The molecule has 0 atom stereocenters. The van der Waals surface area contributed by atoms with E-state index in [1.54, 1.807) is 12.1 Å². The highest BCUT2D eigenvalue weighted by atomic mass is 19.1. The number of pyridine rings is 1. The number of aromatic nitrogens is 4. The van der Waals surface area contributed by atoms with Gasteiger partial charge in [-0.3, -0.25) is 0 Å². The molecule has 0 aliphatic heterocycles. The fraction of sp³-hybridized carbons (Fsp3) is 0.174. The van der Waals surface area contributed by atoms with Gasteiger partial charge in [-0.05, 0) is 36.8 Å². The number of fused-ring (bicyclic) bond motifs is 3. The minimum Gasteiger partial charge on any atom is -0.382 e. The molecule has 2 N–H and O–H groups in total. The van der Waals surface area contributed by atoms with Gasteiger partial charge in [0, 0.05) is 23.4 Å². The zero-order chi connectivity index (χ0) is 20.7. The van der Waals surface area contributed by atoms with Gasteiger partial charge in [-0.1, -0.05) is 30.3 Å². The predicted octanol–water partition coefficient (Wildman–Crippen LogP) is 4.96. The summed E-state index contributed by atoms with van der Waals surface area (Å²) in [7, 11) is 0. The third kappa shape index (κ3) is 3.08. The molecule has 0 aliphatic rings. The van der Waals surface area contributed by atoms with Gasteiger partial charge in [0.15, 0.2) is 11.6 Å². The van der Waals surface area contributed by atoms with Crippen molar-refractivity contribution in [3.8, 4) is 11.3 Å². The van der Waals surface area contributed by atoms with Gasteiger partial charge in [0.2, 0.25) is 0 Å². The van der Waals surface area contributed by atoms with Gasteiger partial charge < -0.3 is 14.8 Å². The number of nitrogen functional groups attached to an aromatic ring is 1. The maximum Gasteiger partial charge on any atom is 0.157 e. The Kier molecular flexibility index (Phi) is 4.43. The van der Waals surface area contributed by atoms with Crippen LogP contribution in [0.25, 0.3) is 33.2 Å². The van der Waals surface area contributed by atoms with Crippen LogP contribution in [0.3, 0.4) is 0 Å². The van der Waals surface area contributed by atoms with Gasteiger partial charge in [-0.15, -0.1) is 0 Å². The van der Waals surface area contributed by atoms with Crippen LogP contribution in [0.15, 0.2) is 59.1 Å². The van der Waals surface area contributed by atoms with Gasteiger partial charge in [-0.25, -0.2) is 14.4 Å². The van der Waals surface area contributed by atoms with Crippen molar-refractivity contribution in [3.63, 3.8) is 0 Å². The fourth-order valence-electron chi connectivity index (χ4n) is 3.79. The standard InChI is InChI=1S/C23H20FN5O/c1-2-5-20-27-21-22(17-6-3-4-7-18(17)26-23(21)25)29(20)13-16-12-19(28-30-16)14-8-10-15(24)11-9-14/h3-4,6-12H,2,5,13H2,1H3,(H2,25,26). The summed E-state index contributed by atoms with van der Waals surface area (Å²) in [4.78, 5) is 9.31. The normalized spacial score (nSPS) is 11.5. The van der Waals surface area contributed by atoms with E-state index in [1.165, 1.54) is 12.1 Å². The van der Waals surface area contributed by atoms with Crippen molar-refractivity contribution in [3.05, 3.63) is 72.0 Å². The van der Waals surface area contributed by atoms with Gasteiger partial charge >= 0.3 is 0 Å². The molecule has 5 aromatic rings. The van der Waals surface area contributed by atoms with Gasteiger partial charge in [-0.2, -0.15) is 0 Å².